The van der Waals surface area contributed by atoms with Gasteiger partial charge in [-0.3, -0.25) is 4.68 Å². The van der Waals surface area contributed by atoms with Crippen molar-refractivity contribution in [3.63, 3.8) is 0 Å². The molecule has 0 aliphatic carbocycles. The fraction of sp³-hybridized carbons (Fsp3) is 0.286. The van der Waals surface area contributed by atoms with Crippen molar-refractivity contribution in [2.45, 2.75) is 0 Å². The lowest BCUT2D eigenvalue weighted by atomic mass is 10.4. The molecule has 0 unspecified atom stereocenters. The summed E-state index contributed by atoms with van der Waals surface area (Å²) in [6.07, 6.45) is 1.33. The summed E-state index contributed by atoms with van der Waals surface area (Å²) >= 11 is 0. The van der Waals surface area contributed by atoms with Crippen molar-refractivity contribution >= 4 is 11.7 Å². The van der Waals surface area contributed by atoms with E-state index in [0.717, 1.165) is 0 Å². The molecule has 0 aliphatic heterocycles. The van der Waals surface area contributed by atoms with Gasteiger partial charge in [-0.25, -0.2) is 9.64 Å². The van der Waals surface area contributed by atoms with Gasteiger partial charge in [0, 0.05) is 7.05 Å². The number of ether oxygens (including phenoxy) is 1. The van der Waals surface area contributed by atoms with E-state index in [2.05, 4.69) is 14.7 Å². The second-order valence-electron chi connectivity index (χ2n) is 2.11. The smallest absolute Gasteiger partial charge is 0.345 e. The van der Waals surface area contributed by atoms with Crippen molar-refractivity contribution in [1.82, 2.24) is 9.78 Å². The summed E-state index contributed by atoms with van der Waals surface area (Å²) < 4.78 is 5.79. The Balaban J connectivity index is 3.21. The summed E-state index contributed by atoms with van der Waals surface area (Å²) in [5, 5.41) is 3.76. The number of rotatable bonds is 1. The lowest BCUT2D eigenvalue weighted by Gasteiger charge is -1.98. The number of nitrogens with zero attached hydrogens (tertiary/aromatic N) is 3. The number of aryl methyl sites for hydroxylation is 1. The highest BCUT2D eigenvalue weighted by atomic mass is 16.5. The molecule has 0 bridgehead atoms. The van der Waals surface area contributed by atoms with Crippen LogP contribution in [0.3, 0.4) is 0 Å². The number of methoxy groups -OCH3 is 1. The Morgan fingerprint density at radius 3 is 3.00 bits per heavy atom. The first kappa shape index (κ1) is 8.27. The zero-order valence-electron chi connectivity index (χ0n) is 6.74. The van der Waals surface area contributed by atoms with Crippen molar-refractivity contribution in [2.75, 3.05) is 7.11 Å². The molecule has 1 aromatic rings. The molecular weight excluding hydrogens is 158 g/mol. The highest BCUT2D eigenvalue weighted by Gasteiger charge is 2.16. The second kappa shape index (κ2) is 3.05. The molecule has 5 heteroatoms. The third kappa shape index (κ3) is 1.14. The van der Waals surface area contributed by atoms with E-state index in [0.29, 0.717) is 0 Å². The van der Waals surface area contributed by atoms with Crippen LogP contribution >= 0.6 is 0 Å². The maximum Gasteiger partial charge on any atom is 0.345 e. The van der Waals surface area contributed by atoms with Crippen LogP contribution in [0, 0.1) is 6.57 Å². The van der Waals surface area contributed by atoms with Gasteiger partial charge < -0.3 is 4.74 Å². The van der Waals surface area contributed by atoms with Crippen LogP contribution in [0.5, 0.6) is 0 Å². The minimum absolute atomic E-state index is 0.188. The van der Waals surface area contributed by atoms with E-state index in [9.17, 15) is 4.79 Å². The second-order valence-corrected chi connectivity index (χ2v) is 2.11. The van der Waals surface area contributed by atoms with Crippen LogP contribution < -0.4 is 0 Å². The van der Waals surface area contributed by atoms with Gasteiger partial charge in [-0.1, -0.05) is 0 Å². The lowest BCUT2D eigenvalue weighted by molar-refractivity contribution is 0.0589. The van der Waals surface area contributed by atoms with Gasteiger partial charge in [0.1, 0.15) is 0 Å². The van der Waals surface area contributed by atoms with E-state index < -0.39 is 5.97 Å². The molecule has 0 saturated carbocycles. The molecule has 0 saturated heterocycles. The minimum atomic E-state index is -0.541. The molecule has 0 atom stereocenters. The molecular formula is C7H7N3O2. The van der Waals surface area contributed by atoms with E-state index in [1.807, 2.05) is 0 Å². The van der Waals surface area contributed by atoms with Crippen molar-refractivity contribution in [2.24, 2.45) is 7.05 Å². The Morgan fingerprint density at radius 2 is 2.50 bits per heavy atom. The van der Waals surface area contributed by atoms with Gasteiger partial charge in [-0.05, 0) is 0 Å². The van der Waals surface area contributed by atoms with Gasteiger partial charge in [0.2, 0.25) is 5.69 Å². The summed E-state index contributed by atoms with van der Waals surface area (Å²) in [5.41, 5.74) is 0.400. The van der Waals surface area contributed by atoms with E-state index in [-0.39, 0.29) is 11.4 Å². The Labute approximate surface area is 69.4 Å². The number of carbonyl (C=O) groups is 1. The molecule has 0 radical (unpaired) electrons. The highest BCUT2D eigenvalue weighted by Crippen LogP contribution is 2.17. The Bertz CT molecular complexity index is 348. The summed E-state index contributed by atoms with van der Waals surface area (Å²) in [6.45, 7) is 6.73. The monoisotopic (exact) mass is 165 g/mol. The molecule has 5 nitrogen and oxygen atoms in total. The van der Waals surface area contributed by atoms with Crippen LogP contribution in [0.4, 0.5) is 5.69 Å². The standard InChI is InChI=1S/C7H7N3O2/c1-8-5-4-9-10(2)6(5)7(11)12-3/h4H,2-3H3. The summed E-state index contributed by atoms with van der Waals surface area (Å²) in [5.74, 6) is -0.541. The average molecular weight is 165 g/mol. The zero-order chi connectivity index (χ0) is 9.14. The van der Waals surface area contributed by atoms with Crippen molar-refractivity contribution in [1.29, 1.82) is 0 Å². The van der Waals surface area contributed by atoms with Gasteiger partial charge in [0.05, 0.1) is 19.9 Å². The van der Waals surface area contributed by atoms with Crippen LogP contribution in [0.25, 0.3) is 4.85 Å². The first-order valence-electron chi connectivity index (χ1n) is 3.18. The Morgan fingerprint density at radius 1 is 1.83 bits per heavy atom. The number of esters is 1. The fourth-order valence-corrected chi connectivity index (χ4v) is 0.841. The highest BCUT2D eigenvalue weighted by molar-refractivity contribution is 5.93. The molecule has 62 valence electrons. The normalized spacial score (nSPS) is 9.08. The van der Waals surface area contributed by atoms with Gasteiger partial charge in [-0.15, -0.1) is 0 Å². The molecule has 0 aromatic carbocycles. The van der Waals surface area contributed by atoms with Crippen LogP contribution in [0.1, 0.15) is 10.5 Å². The van der Waals surface area contributed by atoms with Crippen LogP contribution in [-0.2, 0) is 11.8 Å². The number of carbonyl (C=O) groups excluding carboxylic acids is 1. The average Bonchev–Trinajstić information content (AvgIpc) is 2.45. The topological polar surface area (TPSA) is 48.5 Å². The predicted octanol–water partition coefficient (Wildman–Crippen LogP) is 0.757. The van der Waals surface area contributed by atoms with Gasteiger partial charge >= 0.3 is 5.97 Å². The van der Waals surface area contributed by atoms with Crippen LogP contribution in [0.2, 0.25) is 0 Å². The first-order valence-corrected chi connectivity index (χ1v) is 3.18. The SMILES string of the molecule is [C-]#[N+]c1cnn(C)c1C(=O)OC. The Hall–Kier alpha value is -1.83. The summed E-state index contributed by atoms with van der Waals surface area (Å²) in [6, 6.07) is 0. The minimum Gasteiger partial charge on any atom is -0.465 e. The number of hydrogen-bond donors (Lipinski definition) is 0. The third-order valence-electron chi connectivity index (χ3n) is 1.42. The van der Waals surface area contributed by atoms with Gasteiger partial charge in [0.15, 0.2) is 5.69 Å². The molecule has 0 aliphatic rings. The van der Waals surface area contributed by atoms with E-state index in [4.69, 9.17) is 6.57 Å². The summed E-state index contributed by atoms with van der Waals surface area (Å²) in [7, 11) is 2.85. The van der Waals surface area contributed by atoms with Crippen LogP contribution in [-0.4, -0.2) is 22.9 Å². The van der Waals surface area contributed by atoms with E-state index in [1.165, 1.54) is 18.0 Å². The number of aromatic nitrogens is 2. The molecule has 1 rings (SSSR count). The lowest BCUT2D eigenvalue weighted by Crippen LogP contribution is -2.08. The zero-order valence-corrected chi connectivity index (χ0v) is 6.74. The van der Waals surface area contributed by atoms with Crippen molar-refractivity contribution in [3.05, 3.63) is 23.3 Å². The van der Waals surface area contributed by atoms with Gasteiger partial charge in [0.25, 0.3) is 0 Å². The van der Waals surface area contributed by atoms with Crippen molar-refractivity contribution in [3.8, 4) is 0 Å². The van der Waals surface area contributed by atoms with E-state index in [1.54, 1.807) is 7.05 Å². The quantitative estimate of drug-likeness (QED) is 0.456. The maximum absolute atomic E-state index is 11.0. The molecule has 0 spiro atoms. The molecule has 1 aromatic heterocycles. The number of hydrogen-bond acceptors (Lipinski definition) is 3. The van der Waals surface area contributed by atoms with E-state index >= 15 is 0 Å². The van der Waals surface area contributed by atoms with Crippen LogP contribution in [0.15, 0.2) is 6.20 Å². The first-order chi connectivity index (χ1) is 5.70. The third-order valence-corrected chi connectivity index (χ3v) is 1.42. The molecule has 0 amide bonds. The van der Waals surface area contributed by atoms with Crippen molar-refractivity contribution < 1.29 is 9.53 Å². The maximum atomic E-state index is 11.0. The van der Waals surface area contributed by atoms with Gasteiger partial charge in [-0.2, -0.15) is 5.10 Å². The fourth-order valence-electron chi connectivity index (χ4n) is 0.841. The molecule has 0 N–H and O–H groups in total. The summed E-state index contributed by atoms with van der Waals surface area (Å²) in [4.78, 5) is 14.2. The predicted molar refractivity (Wildman–Crippen MR) is 40.8 cm³/mol. The Kier molecular flexibility index (Phi) is 2.10. The molecule has 1 heterocycles. The largest absolute Gasteiger partial charge is 0.465 e. The molecule has 0 fully saturated rings. The molecule has 12 heavy (non-hydrogen) atoms.